The lowest BCUT2D eigenvalue weighted by molar-refractivity contribution is -0.241. The SMILES string of the molecule is CCOC(F)(F)C[C@H](N)Cc1oc2c(NCc3cccs3)cc(Cl)nc2c1Br. The Morgan fingerprint density at radius 3 is 2.96 bits per heavy atom. The van der Waals surface area contributed by atoms with Gasteiger partial charge in [0.1, 0.15) is 16.4 Å². The molecule has 28 heavy (non-hydrogen) atoms. The van der Waals surface area contributed by atoms with Crippen molar-refractivity contribution in [2.24, 2.45) is 5.73 Å². The second-order valence-electron chi connectivity index (χ2n) is 6.18. The van der Waals surface area contributed by atoms with Crippen LogP contribution in [-0.4, -0.2) is 23.7 Å². The van der Waals surface area contributed by atoms with E-state index in [0.717, 1.165) is 4.88 Å². The summed E-state index contributed by atoms with van der Waals surface area (Å²) in [6, 6.07) is 4.80. The van der Waals surface area contributed by atoms with E-state index >= 15 is 0 Å². The first-order valence-corrected chi connectivity index (χ1v) is 10.6. The largest absolute Gasteiger partial charge is 0.456 e. The third kappa shape index (κ3) is 5.21. The van der Waals surface area contributed by atoms with Crippen molar-refractivity contribution in [3.05, 3.63) is 43.8 Å². The number of hydrogen-bond acceptors (Lipinski definition) is 6. The quantitative estimate of drug-likeness (QED) is 0.367. The van der Waals surface area contributed by atoms with Crippen LogP contribution in [0, 0.1) is 0 Å². The number of nitrogens with one attached hydrogen (secondary N) is 1. The number of aromatic nitrogens is 1. The lowest BCUT2D eigenvalue weighted by atomic mass is 10.1. The van der Waals surface area contributed by atoms with Crippen LogP contribution in [0.15, 0.2) is 32.5 Å². The molecule has 1 atom stereocenters. The van der Waals surface area contributed by atoms with Crippen LogP contribution in [0.2, 0.25) is 5.15 Å². The van der Waals surface area contributed by atoms with E-state index < -0.39 is 18.6 Å². The van der Waals surface area contributed by atoms with Crippen LogP contribution in [0.5, 0.6) is 0 Å². The fraction of sp³-hybridized carbons (Fsp3) is 0.389. The Bertz CT molecular complexity index is 937. The lowest BCUT2D eigenvalue weighted by Crippen LogP contribution is -2.34. The molecule has 0 aliphatic heterocycles. The van der Waals surface area contributed by atoms with Gasteiger partial charge in [0.05, 0.1) is 23.2 Å². The molecule has 0 saturated carbocycles. The molecule has 3 rings (SSSR count). The topological polar surface area (TPSA) is 73.3 Å². The van der Waals surface area contributed by atoms with E-state index in [2.05, 4.69) is 31.0 Å². The van der Waals surface area contributed by atoms with Crippen molar-refractivity contribution in [1.82, 2.24) is 4.98 Å². The first-order valence-electron chi connectivity index (χ1n) is 8.60. The zero-order chi connectivity index (χ0) is 20.3. The van der Waals surface area contributed by atoms with Crippen LogP contribution in [0.1, 0.15) is 24.0 Å². The maximum Gasteiger partial charge on any atom is 0.357 e. The van der Waals surface area contributed by atoms with Crippen LogP contribution in [0.3, 0.4) is 0 Å². The van der Waals surface area contributed by atoms with Gasteiger partial charge in [-0.2, -0.15) is 8.78 Å². The molecule has 0 bridgehead atoms. The van der Waals surface area contributed by atoms with Gasteiger partial charge in [-0.1, -0.05) is 17.7 Å². The third-order valence-corrected chi connectivity index (χ3v) is 5.84. The second kappa shape index (κ2) is 9.04. The number of anilines is 1. The predicted octanol–water partition coefficient (Wildman–Crippen LogP) is 5.81. The highest BCUT2D eigenvalue weighted by molar-refractivity contribution is 9.10. The summed E-state index contributed by atoms with van der Waals surface area (Å²) in [6.45, 7) is 2.02. The molecule has 3 N–H and O–H groups in total. The molecule has 0 aliphatic rings. The number of alkyl halides is 2. The Balaban J connectivity index is 1.82. The molecule has 0 unspecified atom stereocenters. The number of pyridine rings is 1. The highest BCUT2D eigenvalue weighted by Gasteiger charge is 2.33. The molecule has 0 amide bonds. The highest BCUT2D eigenvalue weighted by Crippen LogP contribution is 2.37. The fourth-order valence-electron chi connectivity index (χ4n) is 2.80. The first-order chi connectivity index (χ1) is 13.3. The van der Waals surface area contributed by atoms with Crippen LogP contribution in [0.4, 0.5) is 14.5 Å². The molecule has 0 saturated heterocycles. The zero-order valence-electron chi connectivity index (χ0n) is 15.0. The number of hydrogen-bond donors (Lipinski definition) is 2. The van der Waals surface area contributed by atoms with Gasteiger partial charge in [0, 0.05) is 30.0 Å². The molecule has 3 aromatic heterocycles. The van der Waals surface area contributed by atoms with Gasteiger partial charge in [-0.05, 0) is 34.3 Å². The number of nitrogens with two attached hydrogens (primary N) is 1. The summed E-state index contributed by atoms with van der Waals surface area (Å²) in [4.78, 5) is 5.43. The van der Waals surface area contributed by atoms with E-state index in [0.29, 0.717) is 38.7 Å². The van der Waals surface area contributed by atoms with Crippen molar-refractivity contribution in [2.45, 2.75) is 38.5 Å². The number of fused-ring (bicyclic) bond motifs is 1. The number of ether oxygens (including phenoxy) is 1. The van der Waals surface area contributed by atoms with Crippen molar-refractivity contribution in [1.29, 1.82) is 0 Å². The number of halogens is 4. The van der Waals surface area contributed by atoms with Crippen LogP contribution in [0.25, 0.3) is 11.1 Å². The van der Waals surface area contributed by atoms with E-state index in [4.69, 9.17) is 21.8 Å². The average Bonchev–Trinajstić information content (AvgIpc) is 3.22. The van der Waals surface area contributed by atoms with Crippen molar-refractivity contribution in [3.8, 4) is 0 Å². The molecule has 10 heteroatoms. The highest BCUT2D eigenvalue weighted by atomic mass is 79.9. The second-order valence-corrected chi connectivity index (χ2v) is 8.39. The smallest absolute Gasteiger partial charge is 0.357 e. The Hall–Kier alpha value is -1.26. The van der Waals surface area contributed by atoms with Crippen LogP contribution < -0.4 is 11.1 Å². The van der Waals surface area contributed by atoms with Gasteiger partial charge in [-0.15, -0.1) is 11.3 Å². The number of furan rings is 1. The summed E-state index contributed by atoms with van der Waals surface area (Å²) < 4.78 is 38.2. The minimum Gasteiger partial charge on any atom is -0.456 e. The van der Waals surface area contributed by atoms with E-state index in [1.54, 1.807) is 17.4 Å². The lowest BCUT2D eigenvalue weighted by Gasteiger charge is -2.19. The van der Waals surface area contributed by atoms with E-state index in [9.17, 15) is 8.78 Å². The molecule has 152 valence electrons. The molecule has 0 aliphatic carbocycles. The standard InChI is InChI=1S/C18H19BrClF2N3O2S/c1-2-26-18(21,22)8-10(23)6-13-15(19)16-17(27-13)12(7-14(20)25-16)24-9-11-4-3-5-28-11/h3-5,7,10H,2,6,8-9,23H2,1H3,(H,24,25)/t10-/m1/s1. The van der Waals surface area contributed by atoms with Gasteiger partial charge in [0.15, 0.2) is 5.58 Å². The molecule has 0 aromatic carbocycles. The normalized spacial score (nSPS) is 13.2. The summed E-state index contributed by atoms with van der Waals surface area (Å²) in [5, 5.41) is 5.57. The van der Waals surface area contributed by atoms with Crippen molar-refractivity contribution in [3.63, 3.8) is 0 Å². The van der Waals surface area contributed by atoms with Crippen LogP contribution >= 0.6 is 38.9 Å². The molecule has 0 fully saturated rings. The summed E-state index contributed by atoms with van der Waals surface area (Å²) >= 11 is 11.2. The Labute approximate surface area is 178 Å². The third-order valence-electron chi connectivity index (χ3n) is 3.96. The molecular weight excluding hydrogens is 476 g/mol. The minimum atomic E-state index is -3.28. The van der Waals surface area contributed by atoms with E-state index in [1.807, 2.05) is 17.5 Å². The van der Waals surface area contributed by atoms with E-state index in [-0.39, 0.29) is 13.0 Å². The maximum atomic E-state index is 13.7. The molecule has 0 radical (unpaired) electrons. The van der Waals surface area contributed by atoms with Gasteiger partial charge < -0.3 is 20.2 Å². The monoisotopic (exact) mass is 493 g/mol. The van der Waals surface area contributed by atoms with Gasteiger partial charge in [0.2, 0.25) is 0 Å². The first kappa shape index (κ1) is 21.4. The molecular formula is C18H19BrClF2N3O2S. The summed E-state index contributed by atoms with van der Waals surface area (Å²) in [5.41, 5.74) is 7.58. The van der Waals surface area contributed by atoms with Crippen molar-refractivity contribution >= 4 is 55.7 Å². The number of nitrogens with zero attached hydrogens (tertiary/aromatic N) is 1. The van der Waals surface area contributed by atoms with Gasteiger partial charge >= 0.3 is 6.11 Å². The Morgan fingerprint density at radius 1 is 1.50 bits per heavy atom. The minimum absolute atomic E-state index is 0.0876. The zero-order valence-corrected chi connectivity index (χ0v) is 18.1. The van der Waals surface area contributed by atoms with Crippen molar-refractivity contribution < 1.29 is 17.9 Å². The summed E-state index contributed by atoms with van der Waals surface area (Å²) in [7, 11) is 0. The summed E-state index contributed by atoms with van der Waals surface area (Å²) in [5.74, 6) is 0.434. The van der Waals surface area contributed by atoms with Crippen molar-refractivity contribution in [2.75, 3.05) is 11.9 Å². The Morgan fingerprint density at radius 2 is 2.29 bits per heavy atom. The van der Waals surface area contributed by atoms with Gasteiger partial charge in [-0.3, -0.25) is 0 Å². The average molecular weight is 495 g/mol. The van der Waals surface area contributed by atoms with E-state index in [1.165, 1.54) is 6.92 Å². The van der Waals surface area contributed by atoms with Gasteiger partial charge in [0.25, 0.3) is 0 Å². The maximum absolute atomic E-state index is 13.7. The predicted molar refractivity (Wildman–Crippen MR) is 111 cm³/mol. The van der Waals surface area contributed by atoms with Crippen LogP contribution in [-0.2, 0) is 17.7 Å². The molecule has 5 nitrogen and oxygen atoms in total. The molecule has 0 spiro atoms. The number of rotatable bonds is 9. The molecule has 3 aromatic rings. The summed E-state index contributed by atoms with van der Waals surface area (Å²) in [6.07, 6.45) is -3.79. The fourth-order valence-corrected chi connectivity index (χ4v) is 4.15. The number of thiophene rings is 1. The Kier molecular flexibility index (Phi) is 6.93. The van der Waals surface area contributed by atoms with Gasteiger partial charge in [-0.25, -0.2) is 4.98 Å². The molecule has 3 heterocycles.